The molecule has 1 unspecified atom stereocenters. The Morgan fingerprint density at radius 3 is 2.59 bits per heavy atom. The number of carbonyl (C=O) groups excluding carboxylic acids is 1. The van der Waals surface area contributed by atoms with E-state index in [1.807, 2.05) is 0 Å². The molecule has 22 heavy (non-hydrogen) atoms. The summed E-state index contributed by atoms with van der Waals surface area (Å²) < 4.78 is 1.67. The summed E-state index contributed by atoms with van der Waals surface area (Å²) in [6.45, 7) is 0.339. The van der Waals surface area contributed by atoms with Gasteiger partial charge in [0.25, 0.3) is 0 Å². The van der Waals surface area contributed by atoms with Gasteiger partial charge in [0, 0.05) is 35.4 Å². The van der Waals surface area contributed by atoms with Gasteiger partial charge in [0.2, 0.25) is 0 Å². The molecule has 0 aliphatic carbocycles. The van der Waals surface area contributed by atoms with E-state index < -0.39 is 12.1 Å². The van der Waals surface area contributed by atoms with E-state index in [4.69, 9.17) is 23.2 Å². The van der Waals surface area contributed by atoms with Gasteiger partial charge >= 0.3 is 6.03 Å². The van der Waals surface area contributed by atoms with E-state index in [0.29, 0.717) is 22.2 Å². The standard InChI is InChI=1S/C14H16Cl2N4O2/c1-20-9(5-6-19-20)7-17-14(22)18-8-12(21)13-10(15)3-2-4-11(13)16/h2-6,12,21H,7-8H2,1H3,(H2,17,18,22). The monoisotopic (exact) mass is 342 g/mol. The summed E-state index contributed by atoms with van der Waals surface area (Å²) in [4.78, 5) is 11.7. The van der Waals surface area contributed by atoms with Gasteiger partial charge in [0.1, 0.15) is 0 Å². The highest BCUT2D eigenvalue weighted by atomic mass is 35.5. The van der Waals surface area contributed by atoms with Gasteiger partial charge in [-0.15, -0.1) is 0 Å². The number of rotatable bonds is 5. The second-order valence-electron chi connectivity index (χ2n) is 4.66. The molecule has 0 spiro atoms. The van der Waals surface area contributed by atoms with Crippen molar-refractivity contribution in [1.82, 2.24) is 20.4 Å². The number of halogens is 2. The molecule has 1 atom stereocenters. The molecule has 0 aliphatic heterocycles. The van der Waals surface area contributed by atoms with Gasteiger partial charge in [-0.2, -0.15) is 5.10 Å². The van der Waals surface area contributed by atoms with Crippen molar-refractivity contribution in [3.63, 3.8) is 0 Å². The number of hydrogen-bond acceptors (Lipinski definition) is 3. The van der Waals surface area contributed by atoms with Crippen LogP contribution in [0.25, 0.3) is 0 Å². The first-order valence-electron chi connectivity index (χ1n) is 6.59. The van der Waals surface area contributed by atoms with E-state index in [2.05, 4.69) is 15.7 Å². The zero-order valence-electron chi connectivity index (χ0n) is 11.9. The fourth-order valence-electron chi connectivity index (χ4n) is 1.93. The van der Waals surface area contributed by atoms with Gasteiger partial charge in [-0.05, 0) is 18.2 Å². The fourth-order valence-corrected chi connectivity index (χ4v) is 2.58. The van der Waals surface area contributed by atoms with E-state index in [0.717, 1.165) is 5.69 Å². The molecule has 1 aromatic carbocycles. The molecule has 0 fully saturated rings. The van der Waals surface area contributed by atoms with Gasteiger partial charge in [0.05, 0.1) is 18.3 Å². The van der Waals surface area contributed by atoms with Gasteiger partial charge < -0.3 is 15.7 Å². The van der Waals surface area contributed by atoms with Crippen LogP contribution in [0, 0.1) is 0 Å². The lowest BCUT2D eigenvalue weighted by Crippen LogP contribution is -2.37. The molecule has 0 radical (unpaired) electrons. The number of aromatic nitrogens is 2. The Labute approximate surface area is 138 Å². The third kappa shape index (κ3) is 4.13. The van der Waals surface area contributed by atoms with Gasteiger partial charge in [-0.1, -0.05) is 29.3 Å². The molecule has 118 valence electrons. The Bertz CT molecular complexity index is 640. The summed E-state index contributed by atoms with van der Waals surface area (Å²) in [5.74, 6) is 0. The number of hydrogen-bond donors (Lipinski definition) is 3. The highest BCUT2D eigenvalue weighted by Gasteiger charge is 2.16. The third-order valence-corrected chi connectivity index (χ3v) is 3.80. The molecule has 0 bridgehead atoms. The van der Waals surface area contributed by atoms with E-state index in [9.17, 15) is 9.90 Å². The second kappa shape index (κ2) is 7.49. The molecule has 2 rings (SSSR count). The summed E-state index contributed by atoms with van der Waals surface area (Å²) in [5.41, 5.74) is 1.27. The largest absolute Gasteiger partial charge is 0.386 e. The first kappa shape index (κ1) is 16.6. The Kier molecular flexibility index (Phi) is 5.65. The van der Waals surface area contributed by atoms with E-state index in [1.54, 1.807) is 42.2 Å². The number of urea groups is 1. The van der Waals surface area contributed by atoms with Crippen molar-refractivity contribution >= 4 is 29.2 Å². The molecular formula is C14H16Cl2N4O2. The van der Waals surface area contributed by atoms with Gasteiger partial charge in [-0.25, -0.2) is 4.79 Å². The highest BCUT2D eigenvalue weighted by molar-refractivity contribution is 6.36. The Balaban J connectivity index is 1.84. The summed E-state index contributed by atoms with van der Waals surface area (Å²) in [7, 11) is 1.79. The third-order valence-electron chi connectivity index (χ3n) is 3.14. The highest BCUT2D eigenvalue weighted by Crippen LogP contribution is 2.29. The minimum atomic E-state index is -0.983. The SMILES string of the molecule is Cn1nccc1CNC(=O)NCC(O)c1c(Cl)cccc1Cl. The van der Waals surface area contributed by atoms with E-state index >= 15 is 0 Å². The first-order chi connectivity index (χ1) is 10.5. The molecule has 6 nitrogen and oxygen atoms in total. The van der Waals surface area contributed by atoms with Crippen LogP contribution in [0.15, 0.2) is 30.5 Å². The van der Waals surface area contributed by atoms with Crippen molar-refractivity contribution in [3.05, 3.63) is 51.8 Å². The number of aryl methyl sites for hydroxylation is 1. The molecule has 2 amide bonds. The molecular weight excluding hydrogens is 327 g/mol. The zero-order valence-corrected chi connectivity index (χ0v) is 13.4. The Morgan fingerprint density at radius 1 is 1.32 bits per heavy atom. The van der Waals surface area contributed by atoms with Crippen LogP contribution in [-0.4, -0.2) is 27.5 Å². The van der Waals surface area contributed by atoms with Crippen molar-refractivity contribution in [3.8, 4) is 0 Å². The average Bonchev–Trinajstić information content (AvgIpc) is 2.88. The lowest BCUT2D eigenvalue weighted by Gasteiger charge is -2.15. The number of nitrogens with zero attached hydrogens (tertiary/aromatic N) is 2. The van der Waals surface area contributed by atoms with Crippen molar-refractivity contribution < 1.29 is 9.90 Å². The van der Waals surface area contributed by atoms with Crippen LogP contribution in [0.2, 0.25) is 10.0 Å². The van der Waals surface area contributed by atoms with Crippen LogP contribution in [0.5, 0.6) is 0 Å². The Morgan fingerprint density at radius 2 is 2.00 bits per heavy atom. The molecule has 2 aromatic rings. The summed E-state index contributed by atoms with van der Waals surface area (Å²) in [6.07, 6.45) is 0.668. The lowest BCUT2D eigenvalue weighted by atomic mass is 10.1. The summed E-state index contributed by atoms with van der Waals surface area (Å²) in [6, 6.07) is 6.36. The molecule has 8 heteroatoms. The number of nitrogens with one attached hydrogen (secondary N) is 2. The van der Waals surface area contributed by atoms with Crippen LogP contribution < -0.4 is 10.6 Å². The maximum Gasteiger partial charge on any atom is 0.315 e. The van der Waals surface area contributed by atoms with E-state index in [1.165, 1.54) is 0 Å². The van der Waals surface area contributed by atoms with Crippen LogP contribution >= 0.6 is 23.2 Å². The quantitative estimate of drug-likeness (QED) is 0.779. The van der Waals surface area contributed by atoms with Crippen molar-refractivity contribution in [1.29, 1.82) is 0 Å². The number of benzene rings is 1. The minimum absolute atomic E-state index is 0.000668. The minimum Gasteiger partial charge on any atom is -0.386 e. The molecule has 1 heterocycles. The zero-order chi connectivity index (χ0) is 16.1. The molecule has 3 N–H and O–H groups in total. The number of carbonyl (C=O) groups is 1. The molecule has 0 saturated heterocycles. The normalized spacial score (nSPS) is 12.0. The molecule has 0 saturated carbocycles. The van der Waals surface area contributed by atoms with Crippen LogP contribution in [-0.2, 0) is 13.6 Å². The van der Waals surface area contributed by atoms with Crippen LogP contribution in [0.4, 0.5) is 4.79 Å². The predicted molar refractivity (Wildman–Crippen MR) is 84.9 cm³/mol. The second-order valence-corrected chi connectivity index (χ2v) is 5.48. The summed E-state index contributed by atoms with van der Waals surface area (Å²) in [5, 5.41) is 20.1. The number of amides is 2. The number of aliphatic hydroxyl groups excluding tert-OH is 1. The van der Waals surface area contributed by atoms with Gasteiger partial charge in [-0.3, -0.25) is 4.68 Å². The van der Waals surface area contributed by atoms with Gasteiger partial charge in [0.15, 0.2) is 0 Å². The topological polar surface area (TPSA) is 79.2 Å². The number of aliphatic hydroxyl groups is 1. The first-order valence-corrected chi connectivity index (χ1v) is 7.35. The summed E-state index contributed by atoms with van der Waals surface area (Å²) >= 11 is 12.0. The molecule has 1 aromatic heterocycles. The van der Waals surface area contributed by atoms with Crippen molar-refractivity contribution in [2.75, 3.05) is 6.54 Å². The lowest BCUT2D eigenvalue weighted by molar-refractivity contribution is 0.173. The predicted octanol–water partition coefficient (Wildman–Crippen LogP) is 2.26. The van der Waals surface area contributed by atoms with Crippen LogP contribution in [0.1, 0.15) is 17.4 Å². The maximum atomic E-state index is 11.7. The van der Waals surface area contributed by atoms with Crippen LogP contribution in [0.3, 0.4) is 0 Å². The van der Waals surface area contributed by atoms with Crippen molar-refractivity contribution in [2.24, 2.45) is 7.05 Å². The van der Waals surface area contributed by atoms with E-state index in [-0.39, 0.29) is 6.54 Å². The average molecular weight is 343 g/mol. The maximum absolute atomic E-state index is 11.7. The fraction of sp³-hybridized carbons (Fsp3) is 0.286. The van der Waals surface area contributed by atoms with Crippen molar-refractivity contribution in [2.45, 2.75) is 12.6 Å². The Hall–Kier alpha value is -1.76. The molecule has 0 aliphatic rings. The smallest absolute Gasteiger partial charge is 0.315 e.